The maximum absolute atomic E-state index is 13.6. The molecule has 5 nitrogen and oxygen atoms in total. The third-order valence-electron chi connectivity index (χ3n) is 2.72. The van der Waals surface area contributed by atoms with Gasteiger partial charge in [-0.1, -0.05) is 0 Å². The molecule has 1 unspecified atom stereocenters. The van der Waals surface area contributed by atoms with E-state index in [2.05, 4.69) is 10.3 Å². The van der Waals surface area contributed by atoms with Crippen LogP contribution < -0.4 is 11.0 Å². The molecule has 0 radical (unpaired) electrons. The normalized spacial score (nSPS) is 19.5. The van der Waals surface area contributed by atoms with Crippen molar-refractivity contribution in [1.82, 2.24) is 9.55 Å². The fourth-order valence-electron chi connectivity index (χ4n) is 1.90. The molecule has 0 bridgehead atoms. The second kappa shape index (κ2) is 5.27. The first-order chi connectivity index (χ1) is 8.20. The maximum Gasteiger partial charge on any atom is 0.349 e. The summed E-state index contributed by atoms with van der Waals surface area (Å²) in [5.41, 5.74) is -0.446. The number of rotatable bonds is 4. The van der Waals surface area contributed by atoms with E-state index in [1.165, 1.54) is 10.8 Å². The minimum Gasteiger partial charge on any atom is -0.376 e. The van der Waals surface area contributed by atoms with Gasteiger partial charge < -0.3 is 10.1 Å². The molecule has 1 N–H and O–H groups in total. The monoisotopic (exact) mass is 241 g/mol. The Labute approximate surface area is 98.6 Å². The number of nitrogens with one attached hydrogen (secondary N) is 1. The van der Waals surface area contributed by atoms with Gasteiger partial charge in [0.15, 0.2) is 11.6 Å². The summed E-state index contributed by atoms with van der Waals surface area (Å²) in [5.74, 6) is -0.495. The van der Waals surface area contributed by atoms with E-state index >= 15 is 0 Å². The van der Waals surface area contributed by atoms with E-state index in [1.807, 2.05) is 6.92 Å². The molecule has 94 valence electrons. The second-order valence-electron chi connectivity index (χ2n) is 4.04. The molecule has 1 saturated heterocycles. The van der Waals surface area contributed by atoms with Crippen LogP contribution in [0.4, 0.5) is 10.2 Å². The molecule has 0 spiro atoms. The zero-order valence-corrected chi connectivity index (χ0v) is 9.78. The first kappa shape index (κ1) is 12.0. The van der Waals surface area contributed by atoms with Crippen molar-refractivity contribution in [1.29, 1.82) is 0 Å². The lowest BCUT2D eigenvalue weighted by atomic mass is 10.2. The van der Waals surface area contributed by atoms with E-state index in [0.29, 0.717) is 19.7 Å². The van der Waals surface area contributed by atoms with Gasteiger partial charge in [0, 0.05) is 19.3 Å². The molecule has 2 heterocycles. The summed E-state index contributed by atoms with van der Waals surface area (Å²) in [7, 11) is 0. The first-order valence-corrected chi connectivity index (χ1v) is 5.83. The Kier molecular flexibility index (Phi) is 3.73. The summed E-state index contributed by atoms with van der Waals surface area (Å²) in [6, 6.07) is 0. The van der Waals surface area contributed by atoms with Crippen LogP contribution in [0.2, 0.25) is 0 Å². The standard InChI is InChI=1S/C11H16FN3O2/c1-2-13-10-9(12)7-15(11(16)14-10)6-8-4-3-5-17-8/h7-8H,2-6H2,1H3,(H,13,14,16). The van der Waals surface area contributed by atoms with Crippen molar-refractivity contribution < 1.29 is 9.13 Å². The van der Waals surface area contributed by atoms with Crippen molar-refractivity contribution in [2.24, 2.45) is 0 Å². The highest BCUT2D eigenvalue weighted by atomic mass is 19.1. The Bertz CT molecular complexity index is 441. The lowest BCUT2D eigenvalue weighted by molar-refractivity contribution is 0.0955. The highest BCUT2D eigenvalue weighted by Gasteiger charge is 2.17. The average molecular weight is 241 g/mol. The van der Waals surface area contributed by atoms with Crippen LogP contribution >= 0.6 is 0 Å². The molecule has 1 fully saturated rings. The van der Waals surface area contributed by atoms with Gasteiger partial charge in [-0.3, -0.25) is 4.57 Å². The molecular weight excluding hydrogens is 225 g/mol. The molecule has 1 aromatic heterocycles. The van der Waals surface area contributed by atoms with Crippen LogP contribution in [0.5, 0.6) is 0 Å². The van der Waals surface area contributed by atoms with E-state index < -0.39 is 11.5 Å². The van der Waals surface area contributed by atoms with E-state index in [1.54, 1.807) is 0 Å². The fraction of sp³-hybridized carbons (Fsp3) is 0.636. The third kappa shape index (κ3) is 2.82. The van der Waals surface area contributed by atoms with Crippen LogP contribution in [0.25, 0.3) is 0 Å². The van der Waals surface area contributed by atoms with Gasteiger partial charge in [-0.05, 0) is 19.8 Å². The molecule has 1 aromatic rings. The number of hydrogen-bond acceptors (Lipinski definition) is 4. The van der Waals surface area contributed by atoms with Crippen LogP contribution in [0.1, 0.15) is 19.8 Å². The lowest BCUT2D eigenvalue weighted by Gasteiger charge is -2.12. The predicted octanol–water partition coefficient (Wildman–Crippen LogP) is 0.993. The Hall–Kier alpha value is -1.43. The number of anilines is 1. The summed E-state index contributed by atoms with van der Waals surface area (Å²) in [4.78, 5) is 15.3. The molecule has 1 aliphatic rings. The summed E-state index contributed by atoms with van der Waals surface area (Å²) in [6.07, 6.45) is 3.09. The molecule has 0 aliphatic carbocycles. The highest BCUT2D eigenvalue weighted by molar-refractivity contribution is 5.33. The number of hydrogen-bond donors (Lipinski definition) is 1. The minimum absolute atomic E-state index is 0.00103. The van der Waals surface area contributed by atoms with Gasteiger partial charge in [-0.15, -0.1) is 0 Å². The topological polar surface area (TPSA) is 56.2 Å². The van der Waals surface area contributed by atoms with Crippen LogP contribution in [0.15, 0.2) is 11.0 Å². The first-order valence-electron chi connectivity index (χ1n) is 5.83. The van der Waals surface area contributed by atoms with Crippen molar-refractivity contribution in [3.8, 4) is 0 Å². The van der Waals surface area contributed by atoms with Crippen molar-refractivity contribution in [2.45, 2.75) is 32.4 Å². The molecule has 17 heavy (non-hydrogen) atoms. The van der Waals surface area contributed by atoms with Crippen molar-refractivity contribution >= 4 is 5.82 Å². The third-order valence-corrected chi connectivity index (χ3v) is 2.72. The van der Waals surface area contributed by atoms with Gasteiger partial charge in [-0.2, -0.15) is 4.98 Å². The van der Waals surface area contributed by atoms with E-state index in [9.17, 15) is 9.18 Å². The van der Waals surface area contributed by atoms with Crippen LogP contribution in [-0.2, 0) is 11.3 Å². The highest BCUT2D eigenvalue weighted by Crippen LogP contribution is 2.14. The molecule has 0 aromatic carbocycles. The minimum atomic E-state index is -0.510. The smallest absolute Gasteiger partial charge is 0.349 e. The Morgan fingerprint density at radius 1 is 1.71 bits per heavy atom. The molecule has 1 atom stereocenters. The van der Waals surface area contributed by atoms with Crippen LogP contribution in [0.3, 0.4) is 0 Å². The maximum atomic E-state index is 13.6. The zero-order valence-electron chi connectivity index (χ0n) is 9.78. The summed E-state index contributed by atoms with van der Waals surface area (Å²) < 4.78 is 20.2. The SMILES string of the molecule is CCNc1nc(=O)n(CC2CCCO2)cc1F. The van der Waals surface area contributed by atoms with Gasteiger partial charge in [0.25, 0.3) is 0 Å². The molecule has 6 heteroatoms. The van der Waals surface area contributed by atoms with E-state index in [0.717, 1.165) is 12.8 Å². The Morgan fingerprint density at radius 3 is 3.18 bits per heavy atom. The van der Waals surface area contributed by atoms with Crippen molar-refractivity contribution in [3.63, 3.8) is 0 Å². The van der Waals surface area contributed by atoms with Crippen LogP contribution in [-0.4, -0.2) is 28.8 Å². The van der Waals surface area contributed by atoms with E-state index in [4.69, 9.17) is 4.74 Å². The average Bonchev–Trinajstić information content (AvgIpc) is 2.78. The van der Waals surface area contributed by atoms with Crippen molar-refractivity contribution in [2.75, 3.05) is 18.5 Å². The zero-order chi connectivity index (χ0) is 12.3. The van der Waals surface area contributed by atoms with Gasteiger partial charge in [-0.25, -0.2) is 9.18 Å². The second-order valence-corrected chi connectivity index (χ2v) is 4.04. The molecular formula is C11H16FN3O2. The number of nitrogens with zero attached hydrogens (tertiary/aromatic N) is 2. The molecule has 0 saturated carbocycles. The van der Waals surface area contributed by atoms with Crippen molar-refractivity contribution in [3.05, 3.63) is 22.5 Å². The lowest BCUT2D eigenvalue weighted by Crippen LogP contribution is -2.29. The fourth-order valence-corrected chi connectivity index (χ4v) is 1.90. The molecule has 1 aliphatic heterocycles. The van der Waals surface area contributed by atoms with Crippen LogP contribution in [0, 0.1) is 5.82 Å². The summed E-state index contributed by atoms with van der Waals surface area (Å²) >= 11 is 0. The van der Waals surface area contributed by atoms with Gasteiger partial charge in [0.1, 0.15) is 0 Å². The van der Waals surface area contributed by atoms with Gasteiger partial charge in [0.05, 0.1) is 12.6 Å². The summed E-state index contributed by atoms with van der Waals surface area (Å²) in [5, 5.41) is 2.71. The summed E-state index contributed by atoms with van der Waals surface area (Å²) in [6.45, 7) is 3.43. The van der Waals surface area contributed by atoms with Gasteiger partial charge >= 0.3 is 5.69 Å². The Balaban J connectivity index is 2.17. The molecule has 2 rings (SSSR count). The quantitative estimate of drug-likeness (QED) is 0.854. The van der Waals surface area contributed by atoms with Gasteiger partial charge in [0.2, 0.25) is 0 Å². The largest absolute Gasteiger partial charge is 0.376 e. The number of aromatic nitrogens is 2. The van der Waals surface area contributed by atoms with E-state index in [-0.39, 0.29) is 11.9 Å². The predicted molar refractivity (Wildman–Crippen MR) is 61.6 cm³/mol. The Morgan fingerprint density at radius 2 is 2.53 bits per heavy atom. The molecule has 0 amide bonds. The number of halogens is 1. The number of ether oxygens (including phenoxy) is 1.